The van der Waals surface area contributed by atoms with E-state index in [0.29, 0.717) is 5.76 Å². The average Bonchev–Trinajstić information content (AvgIpc) is 3.41. The normalized spacial score (nSPS) is 16.8. The third-order valence-electron chi connectivity index (χ3n) is 8.58. The van der Waals surface area contributed by atoms with Gasteiger partial charge in [-0.1, -0.05) is 109 Å². The van der Waals surface area contributed by atoms with Gasteiger partial charge in [-0.2, -0.15) is 0 Å². The number of ketones is 1. The van der Waals surface area contributed by atoms with Gasteiger partial charge in [0.25, 0.3) is 0 Å². The number of benzene rings is 6. The molecule has 0 N–H and O–H groups in total. The first-order valence-electron chi connectivity index (χ1n) is 15.2. The van der Waals surface area contributed by atoms with Gasteiger partial charge < -0.3 is 9.64 Å². The van der Waals surface area contributed by atoms with Crippen molar-refractivity contribution in [1.82, 2.24) is 0 Å². The van der Waals surface area contributed by atoms with Crippen molar-refractivity contribution < 1.29 is 9.53 Å². The smallest absolute Gasteiger partial charge is 0.190 e. The molecule has 8 rings (SSSR count). The van der Waals surface area contributed by atoms with E-state index in [9.17, 15) is 4.79 Å². The third kappa shape index (κ3) is 4.75. The summed E-state index contributed by atoms with van der Waals surface area (Å²) in [6, 6.07) is 55.5. The van der Waals surface area contributed by atoms with E-state index in [4.69, 9.17) is 4.74 Å². The van der Waals surface area contributed by atoms with Crippen LogP contribution in [0.3, 0.4) is 0 Å². The minimum Gasteiger partial charge on any atom is -0.456 e. The maximum Gasteiger partial charge on any atom is 0.190 e. The highest BCUT2D eigenvalue weighted by atomic mass is 16.5. The summed E-state index contributed by atoms with van der Waals surface area (Å²) in [5.41, 5.74) is 9.66. The molecule has 6 aromatic rings. The highest BCUT2D eigenvalue weighted by molar-refractivity contribution is 6.20. The van der Waals surface area contributed by atoms with Crippen LogP contribution in [0.15, 0.2) is 175 Å². The van der Waals surface area contributed by atoms with Crippen LogP contribution in [-0.4, -0.2) is 5.78 Å². The van der Waals surface area contributed by atoms with Gasteiger partial charge in [-0.3, -0.25) is 4.79 Å². The Kier molecular flexibility index (Phi) is 6.69. The first-order valence-corrected chi connectivity index (χ1v) is 15.2. The van der Waals surface area contributed by atoms with Crippen LogP contribution >= 0.6 is 0 Å². The summed E-state index contributed by atoms with van der Waals surface area (Å²) in [7, 11) is 0. The fourth-order valence-electron chi connectivity index (χ4n) is 6.53. The Bertz CT molecular complexity index is 2040. The van der Waals surface area contributed by atoms with Crippen molar-refractivity contribution in [2.24, 2.45) is 0 Å². The minimum atomic E-state index is -0.166. The number of anilines is 3. The van der Waals surface area contributed by atoms with Gasteiger partial charge in [0, 0.05) is 45.2 Å². The van der Waals surface area contributed by atoms with Gasteiger partial charge >= 0.3 is 0 Å². The molecule has 1 aliphatic carbocycles. The Labute approximate surface area is 263 Å². The van der Waals surface area contributed by atoms with Crippen molar-refractivity contribution >= 4 is 34.2 Å². The molecule has 6 aromatic carbocycles. The zero-order valence-corrected chi connectivity index (χ0v) is 24.5. The van der Waals surface area contributed by atoms with Gasteiger partial charge in [-0.05, 0) is 77.4 Å². The maximum atomic E-state index is 14.2. The fraction of sp³-hybridized carbons (Fsp3) is 0.0238. The van der Waals surface area contributed by atoms with Crippen molar-refractivity contribution in [1.29, 1.82) is 0 Å². The molecular formula is C42H29NO2. The lowest BCUT2D eigenvalue weighted by Gasteiger charge is -2.26. The van der Waals surface area contributed by atoms with Crippen molar-refractivity contribution in [2.45, 2.75) is 5.92 Å². The number of carbonyl (C=O) groups is 1. The molecular weight excluding hydrogens is 550 g/mol. The van der Waals surface area contributed by atoms with E-state index >= 15 is 0 Å². The number of hydrogen-bond acceptors (Lipinski definition) is 3. The topological polar surface area (TPSA) is 29.5 Å². The van der Waals surface area contributed by atoms with Gasteiger partial charge in [0.15, 0.2) is 5.78 Å². The Morgan fingerprint density at radius 3 is 1.71 bits per heavy atom. The molecule has 0 spiro atoms. The molecule has 214 valence electrons. The molecule has 0 saturated heterocycles. The van der Waals surface area contributed by atoms with Crippen LogP contribution in [0.1, 0.15) is 38.5 Å². The average molecular weight is 580 g/mol. The second-order valence-corrected chi connectivity index (χ2v) is 11.2. The van der Waals surface area contributed by atoms with Gasteiger partial charge in [0.1, 0.15) is 11.5 Å². The summed E-state index contributed by atoms with van der Waals surface area (Å²) in [5, 5.41) is 0. The molecule has 3 nitrogen and oxygen atoms in total. The zero-order chi connectivity index (χ0) is 30.2. The molecule has 45 heavy (non-hydrogen) atoms. The number of Topliss-reactive ketones (excluding diaryl/α,β-unsaturated/α-hetero) is 1. The molecule has 1 aliphatic heterocycles. The second kappa shape index (κ2) is 11.3. The lowest BCUT2D eigenvalue weighted by molar-refractivity contribution is 0.103. The van der Waals surface area contributed by atoms with E-state index in [-0.39, 0.29) is 11.7 Å². The van der Waals surface area contributed by atoms with Crippen LogP contribution in [0.5, 0.6) is 5.75 Å². The molecule has 0 amide bonds. The highest BCUT2D eigenvalue weighted by Gasteiger charge is 2.38. The van der Waals surface area contributed by atoms with Crippen molar-refractivity contribution in [3.05, 3.63) is 203 Å². The molecule has 1 heterocycles. The molecule has 1 atom stereocenters. The van der Waals surface area contributed by atoms with Crippen LogP contribution in [0, 0.1) is 0 Å². The molecule has 0 fully saturated rings. The Hall–Kier alpha value is -5.93. The van der Waals surface area contributed by atoms with Crippen molar-refractivity contribution in [3.8, 4) is 5.75 Å². The number of rotatable bonds is 5. The summed E-state index contributed by atoms with van der Waals surface area (Å²) in [6.45, 7) is 0. The fourth-order valence-corrected chi connectivity index (χ4v) is 6.53. The number of allylic oxidation sites excluding steroid dienone is 3. The first-order chi connectivity index (χ1) is 22.3. The lowest BCUT2D eigenvalue weighted by atomic mass is 9.84. The maximum absolute atomic E-state index is 14.2. The zero-order valence-electron chi connectivity index (χ0n) is 24.5. The van der Waals surface area contributed by atoms with E-state index in [1.807, 2.05) is 72.8 Å². The predicted molar refractivity (Wildman–Crippen MR) is 182 cm³/mol. The number of ether oxygens (including phenoxy) is 1. The summed E-state index contributed by atoms with van der Waals surface area (Å²) in [6.07, 6.45) is 2.05. The van der Waals surface area contributed by atoms with Gasteiger partial charge in [0.05, 0.1) is 0 Å². The SMILES string of the molecule is O=C1C(=C2C=C(c3ccc(N(c4ccccc4)c4ccccc4)cc3)Oc3ccccc32)C(c2ccccc2)c2ccccc21. The first kappa shape index (κ1) is 26.7. The Morgan fingerprint density at radius 1 is 0.511 bits per heavy atom. The number of carbonyl (C=O) groups excluding carboxylic acids is 1. The molecule has 0 saturated carbocycles. The van der Waals surface area contributed by atoms with Gasteiger partial charge in [0.2, 0.25) is 0 Å². The predicted octanol–water partition coefficient (Wildman–Crippen LogP) is 10.4. The third-order valence-corrected chi connectivity index (χ3v) is 8.58. The number of fused-ring (bicyclic) bond motifs is 2. The number of nitrogens with zero attached hydrogens (tertiary/aromatic N) is 1. The summed E-state index contributed by atoms with van der Waals surface area (Å²) in [4.78, 5) is 16.4. The minimum absolute atomic E-state index is 0.0680. The van der Waals surface area contributed by atoms with Crippen molar-refractivity contribution in [2.75, 3.05) is 4.90 Å². The standard InChI is InChI=1S/C42H29NO2/c44-42-36-22-11-10-21-35(36)40(30-14-4-1-5-15-30)41(42)37-28-39(45-38-23-13-12-20-34(37)38)29-24-26-33(27-25-29)43(31-16-6-2-7-17-31)32-18-8-3-9-19-32/h1-28,40H. The molecule has 0 bridgehead atoms. The second-order valence-electron chi connectivity index (χ2n) is 11.2. The number of hydrogen-bond donors (Lipinski definition) is 0. The molecule has 2 aliphatic rings. The molecule has 0 radical (unpaired) electrons. The monoisotopic (exact) mass is 579 g/mol. The van der Waals surface area contributed by atoms with Crippen LogP contribution in [-0.2, 0) is 0 Å². The summed E-state index contributed by atoms with van der Waals surface area (Å²) in [5.74, 6) is 1.36. The van der Waals surface area contributed by atoms with E-state index in [0.717, 1.165) is 61.8 Å². The molecule has 0 aromatic heterocycles. The van der Waals surface area contributed by atoms with E-state index < -0.39 is 0 Å². The number of para-hydroxylation sites is 3. The van der Waals surface area contributed by atoms with Gasteiger partial charge in [-0.25, -0.2) is 0 Å². The van der Waals surface area contributed by atoms with Crippen LogP contribution in [0.25, 0.3) is 11.3 Å². The van der Waals surface area contributed by atoms with E-state index in [1.54, 1.807) is 0 Å². The molecule has 1 unspecified atom stereocenters. The quantitative estimate of drug-likeness (QED) is 0.190. The van der Waals surface area contributed by atoms with E-state index in [2.05, 4.69) is 102 Å². The van der Waals surface area contributed by atoms with Crippen LogP contribution < -0.4 is 9.64 Å². The van der Waals surface area contributed by atoms with E-state index in [1.165, 1.54) is 0 Å². The van der Waals surface area contributed by atoms with Gasteiger partial charge in [-0.15, -0.1) is 0 Å². The highest BCUT2D eigenvalue weighted by Crippen LogP contribution is 2.49. The summed E-state index contributed by atoms with van der Waals surface area (Å²) < 4.78 is 6.53. The molecule has 3 heteroatoms. The summed E-state index contributed by atoms with van der Waals surface area (Å²) >= 11 is 0. The Balaban J connectivity index is 1.26. The lowest BCUT2D eigenvalue weighted by Crippen LogP contribution is -2.11. The van der Waals surface area contributed by atoms with Crippen LogP contribution in [0.2, 0.25) is 0 Å². The largest absolute Gasteiger partial charge is 0.456 e. The Morgan fingerprint density at radius 2 is 1.04 bits per heavy atom. The van der Waals surface area contributed by atoms with Crippen LogP contribution in [0.4, 0.5) is 17.1 Å². The van der Waals surface area contributed by atoms with Crippen molar-refractivity contribution in [3.63, 3.8) is 0 Å².